The summed E-state index contributed by atoms with van der Waals surface area (Å²) < 4.78 is 1.48. The van der Waals surface area contributed by atoms with Crippen molar-refractivity contribution in [2.75, 3.05) is 17.2 Å². The van der Waals surface area contributed by atoms with Gasteiger partial charge in [0.15, 0.2) is 0 Å². The first-order valence-corrected chi connectivity index (χ1v) is 7.93. The molecule has 1 saturated heterocycles. The van der Waals surface area contributed by atoms with Crippen LogP contribution < -0.4 is 16.0 Å². The highest BCUT2D eigenvalue weighted by Crippen LogP contribution is 2.16. The summed E-state index contributed by atoms with van der Waals surface area (Å²) in [4.78, 5) is 28.0. The number of benzene rings is 1. The Hall–Kier alpha value is -2.74. The lowest BCUT2D eigenvalue weighted by atomic mass is 10.2. The Bertz CT molecular complexity index is 692. The summed E-state index contributed by atoms with van der Waals surface area (Å²) in [6, 6.07) is 6.46. The predicted octanol–water partition coefficient (Wildman–Crippen LogP) is 1.17. The van der Waals surface area contributed by atoms with Crippen molar-refractivity contribution in [3.63, 3.8) is 0 Å². The van der Waals surface area contributed by atoms with E-state index in [4.69, 9.17) is 0 Å². The minimum absolute atomic E-state index is 0.0240. The SMILES string of the molecule is CC(C(=O)Nc1ccc(NC(=O)C2CCCN2)cc1)n1cncn1. The van der Waals surface area contributed by atoms with Crippen LogP contribution >= 0.6 is 0 Å². The normalized spacial score (nSPS) is 18.1. The van der Waals surface area contributed by atoms with E-state index in [0.29, 0.717) is 11.4 Å². The van der Waals surface area contributed by atoms with Crippen LogP contribution in [0.3, 0.4) is 0 Å². The van der Waals surface area contributed by atoms with E-state index < -0.39 is 6.04 Å². The Balaban J connectivity index is 1.56. The van der Waals surface area contributed by atoms with E-state index in [1.54, 1.807) is 31.2 Å². The van der Waals surface area contributed by atoms with Crippen molar-refractivity contribution in [2.45, 2.75) is 31.8 Å². The molecule has 0 aliphatic carbocycles. The Morgan fingerprint density at radius 1 is 1.25 bits per heavy atom. The molecule has 126 valence electrons. The highest BCUT2D eigenvalue weighted by molar-refractivity contribution is 5.96. The lowest BCUT2D eigenvalue weighted by molar-refractivity contribution is -0.119. The molecule has 0 spiro atoms. The third-order valence-corrected chi connectivity index (χ3v) is 4.01. The van der Waals surface area contributed by atoms with E-state index in [2.05, 4.69) is 26.0 Å². The van der Waals surface area contributed by atoms with Gasteiger partial charge in [0.25, 0.3) is 0 Å². The summed E-state index contributed by atoms with van der Waals surface area (Å²) in [6.07, 6.45) is 4.77. The second kappa shape index (κ2) is 7.22. The fraction of sp³-hybridized carbons (Fsp3) is 0.375. The number of carbonyl (C=O) groups is 2. The molecule has 2 unspecified atom stereocenters. The Kier molecular flexibility index (Phi) is 4.85. The van der Waals surface area contributed by atoms with Gasteiger partial charge in [-0.1, -0.05) is 0 Å². The molecule has 1 aromatic carbocycles. The number of hydrogen-bond acceptors (Lipinski definition) is 5. The third-order valence-electron chi connectivity index (χ3n) is 4.01. The smallest absolute Gasteiger partial charge is 0.249 e. The van der Waals surface area contributed by atoms with Gasteiger partial charge < -0.3 is 16.0 Å². The maximum atomic E-state index is 12.2. The predicted molar refractivity (Wildman–Crippen MR) is 89.5 cm³/mol. The second-order valence-electron chi connectivity index (χ2n) is 5.76. The molecule has 0 radical (unpaired) electrons. The Morgan fingerprint density at radius 2 is 1.96 bits per heavy atom. The number of amides is 2. The van der Waals surface area contributed by atoms with Gasteiger partial charge in [0.05, 0.1) is 6.04 Å². The standard InChI is InChI=1S/C16H20N6O2/c1-11(22-10-17-9-19-22)15(23)20-12-4-6-13(7-5-12)21-16(24)14-3-2-8-18-14/h4-7,9-11,14,18H,2-3,8H2,1H3,(H,20,23)(H,21,24). The van der Waals surface area contributed by atoms with Gasteiger partial charge in [0, 0.05) is 11.4 Å². The van der Waals surface area contributed by atoms with Crippen LogP contribution in [0.15, 0.2) is 36.9 Å². The maximum absolute atomic E-state index is 12.2. The summed E-state index contributed by atoms with van der Waals surface area (Å²) in [5, 5.41) is 12.8. The number of aromatic nitrogens is 3. The molecule has 0 saturated carbocycles. The second-order valence-corrected chi connectivity index (χ2v) is 5.76. The summed E-state index contributed by atoms with van der Waals surface area (Å²) in [5.74, 6) is -0.212. The highest BCUT2D eigenvalue weighted by atomic mass is 16.2. The van der Waals surface area contributed by atoms with Gasteiger partial charge in [-0.05, 0) is 50.6 Å². The topological polar surface area (TPSA) is 101 Å². The molecule has 8 heteroatoms. The average molecular weight is 328 g/mol. The Morgan fingerprint density at radius 3 is 2.54 bits per heavy atom. The van der Waals surface area contributed by atoms with Crippen LogP contribution in [0.1, 0.15) is 25.8 Å². The molecule has 8 nitrogen and oxygen atoms in total. The molecule has 1 aliphatic heterocycles. The van der Waals surface area contributed by atoms with Crippen molar-refractivity contribution in [3.05, 3.63) is 36.9 Å². The van der Waals surface area contributed by atoms with Crippen LogP contribution in [-0.4, -0.2) is 39.2 Å². The number of rotatable bonds is 5. The first-order valence-electron chi connectivity index (χ1n) is 7.93. The largest absolute Gasteiger partial charge is 0.325 e. The fourth-order valence-corrected chi connectivity index (χ4v) is 2.56. The highest BCUT2D eigenvalue weighted by Gasteiger charge is 2.21. The van der Waals surface area contributed by atoms with Crippen LogP contribution in [-0.2, 0) is 9.59 Å². The van der Waals surface area contributed by atoms with Crippen LogP contribution in [0.25, 0.3) is 0 Å². The molecule has 1 aliphatic rings. The molecule has 1 aromatic heterocycles. The van der Waals surface area contributed by atoms with E-state index in [1.807, 2.05) is 0 Å². The van der Waals surface area contributed by atoms with E-state index in [1.165, 1.54) is 17.3 Å². The molecular weight excluding hydrogens is 308 g/mol. The van der Waals surface area contributed by atoms with Crippen molar-refractivity contribution < 1.29 is 9.59 Å². The lowest BCUT2D eigenvalue weighted by Gasteiger charge is -2.13. The molecule has 0 bridgehead atoms. The molecule has 3 rings (SSSR count). The molecule has 24 heavy (non-hydrogen) atoms. The van der Waals surface area contributed by atoms with Crippen LogP contribution in [0.5, 0.6) is 0 Å². The molecule has 2 aromatic rings. The van der Waals surface area contributed by atoms with Crippen molar-refractivity contribution in [3.8, 4) is 0 Å². The third kappa shape index (κ3) is 3.77. The zero-order chi connectivity index (χ0) is 16.9. The van der Waals surface area contributed by atoms with Crippen LogP contribution in [0, 0.1) is 0 Å². The van der Waals surface area contributed by atoms with Gasteiger partial charge in [-0.2, -0.15) is 5.10 Å². The number of nitrogens with zero attached hydrogens (tertiary/aromatic N) is 3. The summed E-state index contributed by atoms with van der Waals surface area (Å²) in [7, 11) is 0. The average Bonchev–Trinajstić information content (AvgIpc) is 3.29. The van der Waals surface area contributed by atoms with Gasteiger partial charge >= 0.3 is 0 Å². The molecule has 2 amide bonds. The van der Waals surface area contributed by atoms with E-state index in [9.17, 15) is 9.59 Å². The lowest BCUT2D eigenvalue weighted by Crippen LogP contribution is -2.35. The number of nitrogens with one attached hydrogen (secondary N) is 3. The molecule has 2 heterocycles. The number of anilines is 2. The van der Waals surface area contributed by atoms with Crippen molar-refractivity contribution >= 4 is 23.2 Å². The van der Waals surface area contributed by atoms with Gasteiger partial charge in [0.1, 0.15) is 18.7 Å². The van der Waals surface area contributed by atoms with E-state index >= 15 is 0 Å². The van der Waals surface area contributed by atoms with Gasteiger partial charge in [-0.25, -0.2) is 9.67 Å². The van der Waals surface area contributed by atoms with Crippen LogP contribution in [0.2, 0.25) is 0 Å². The zero-order valence-corrected chi connectivity index (χ0v) is 13.4. The van der Waals surface area contributed by atoms with E-state index in [0.717, 1.165) is 19.4 Å². The maximum Gasteiger partial charge on any atom is 0.249 e. The first-order chi connectivity index (χ1) is 11.6. The molecule has 2 atom stereocenters. The number of hydrogen-bond donors (Lipinski definition) is 3. The van der Waals surface area contributed by atoms with Gasteiger partial charge in [0.2, 0.25) is 11.8 Å². The van der Waals surface area contributed by atoms with E-state index in [-0.39, 0.29) is 17.9 Å². The quantitative estimate of drug-likeness (QED) is 0.765. The fourth-order valence-electron chi connectivity index (χ4n) is 2.56. The van der Waals surface area contributed by atoms with Gasteiger partial charge in [-0.3, -0.25) is 9.59 Å². The van der Waals surface area contributed by atoms with Crippen molar-refractivity contribution in [1.29, 1.82) is 0 Å². The minimum atomic E-state index is -0.458. The minimum Gasteiger partial charge on any atom is -0.325 e. The van der Waals surface area contributed by atoms with Crippen molar-refractivity contribution in [1.82, 2.24) is 20.1 Å². The Labute approximate surface area is 139 Å². The zero-order valence-electron chi connectivity index (χ0n) is 13.4. The summed E-state index contributed by atoms with van der Waals surface area (Å²) in [5.41, 5.74) is 1.36. The molecule has 1 fully saturated rings. The summed E-state index contributed by atoms with van der Waals surface area (Å²) in [6.45, 7) is 2.63. The monoisotopic (exact) mass is 328 g/mol. The van der Waals surface area contributed by atoms with Gasteiger partial charge in [-0.15, -0.1) is 0 Å². The number of carbonyl (C=O) groups excluding carboxylic acids is 2. The van der Waals surface area contributed by atoms with Crippen LogP contribution in [0.4, 0.5) is 11.4 Å². The molecule has 3 N–H and O–H groups in total. The molecular formula is C16H20N6O2. The summed E-state index contributed by atoms with van der Waals surface area (Å²) >= 11 is 0. The first kappa shape index (κ1) is 16.1. The van der Waals surface area contributed by atoms with Crippen molar-refractivity contribution in [2.24, 2.45) is 0 Å².